The molecule has 0 atom stereocenters. The SMILES string of the molecule is CN(C)c1cc2nc(Cl)cc(Cl)c2cc1F. The van der Waals surface area contributed by atoms with Crippen molar-refractivity contribution < 1.29 is 4.39 Å². The van der Waals surface area contributed by atoms with E-state index >= 15 is 0 Å². The Bertz CT molecular complexity index is 555. The molecule has 0 fully saturated rings. The van der Waals surface area contributed by atoms with Gasteiger partial charge in [0.1, 0.15) is 11.0 Å². The van der Waals surface area contributed by atoms with Gasteiger partial charge in [-0.15, -0.1) is 0 Å². The number of halogens is 3. The fraction of sp³-hybridized carbons (Fsp3) is 0.182. The van der Waals surface area contributed by atoms with Gasteiger partial charge in [0.2, 0.25) is 0 Å². The summed E-state index contributed by atoms with van der Waals surface area (Å²) in [5.74, 6) is -0.330. The fourth-order valence-electron chi connectivity index (χ4n) is 1.51. The van der Waals surface area contributed by atoms with Crippen LogP contribution in [0.4, 0.5) is 10.1 Å². The molecule has 2 rings (SSSR count). The lowest BCUT2D eigenvalue weighted by Crippen LogP contribution is -2.10. The van der Waals surface area contributed by atoms with Crippen molar-refractivity contribution in [1.82, 2.24) is 4.98 Å². The Balaban J connectivity index is 2.79. The zero-order chi connectivity index (χ0) is 11.9. The molecule has 0 aliphatic carbocycles. The van der Waals surface area contributed by atoms with E-state index in [1.165, 1.54) is 12.1 Å². The third kappa shape index (κ3) is 1.93. The first-order valence-electron chi connectivity index (χ1n) is 4.61. The third-order valence-corrected chi connectivity index (χ3v) is 2.78. The van der Waals surface area contributed by atoms with Crippen LogP contribution < -0.4 is 4.90 Å². The Kier molecular flexibility index (Phi) is 2.91. The number of hydrogen-bond acceptors (Lipinski definition) is 2. The highest BCUT2D eigenvalue weighted by atomic mass is 35.5. The lowest BCUT2D eigenvalue weighted by molar-refractivity contribution is 0.628. The first-order valence-corrected chi connectivity index (χ1v) is 5.37. The Labute approximate surface area is 103 Å². The van der Waals surface area contributed by atoms with Gasteiger partial charge in [0.15, 0.2) is 0 Å². The number of hydrogen-bond donors (Lipinski definition) is 0. The smallest absolute Gasteiger partial charge is 0.147 e. The van der Waals surface area contributed by atoms with Crippen molar-refractivity contribution >= 4 is 39.8 Å². The van der Waals surface area contributed by atoms with Gasteiger partial charge in [0.05, 0.1) is 16.2 Å². The van der Waals surface area contributed by atoms with E-state index in [1.807, 2.05) is 0 Å². The predicted molar refractivity (Wildman–Crippen MR) is 66.0 cm³/mol. The van der Waals surface area contributed by atoms with E-state index in [4.69, 9.17) is 23.2 Å². The molecule has 2 nitrogen and oxygen atoms in total. The van der Waals surface area contributed by atoms with Crippen LogP contribution in [0, 0.1) is 5.82 Å². The molecule has 1 aromatic heterocycles. The van der Waals surface area contributed by atoms with E-state index < -0.39 is 0 Å². The van der Waals surface area contributed by atoms with Crippen molar-refractivity contribution in [3.05, 3.63) is 34.2 Å². The highest BCUT2D eigenvalue weighted by Crippen LogP contribution is 2.30. The number of pyridine rings is 1. The number of nitrogens with zero attached hydrogens (tertiary/aromatic N) is 2. The number of fused-ring (bicyclic) bond motifs is 1. The Morgan fingerprint density at radius 2 is 1.88 bits per heavy atom. The molecule has 0 unspecified atom stereocenters. The Hall–Kier alpha value is -1.06. The second-order valence-electron chi connectivity index (χ2n) is 3.64. The van der Waals surface area contributed by atoms with E-state index in [1.54, 1.807) is 25.1 Å². The summed E-state index contributed by atoms with van der Waals surface area (Å²) in [5, 5.41) is 1.27. The van der Waals surface area contributed by atoms with Gasteiger partial charge >= 0.3 is 0 Å². The molecule has 0 aliphatic heterocycles. The predicted octanol–water partition coefficient (Wildman–Crippen LogP) is 3.75. The van der Waals surface area contributed by atoms with Crippen LogP contribution in [0.15, 0.2) is 18.2 Å². The van der Waals surface area contributed by atoms with Gasteiger partial charge in [0.25, 0.3) is 0 Å². The summed E-state index contributed by atoms with van der Waals surface area (Å²) < 4.78 is 13.7. The molecule has 0 radical (unpaired) electrons. The van der Waals surface area contributed by atoms with Gasteiger partial charge in [-0.1, -0.05) is 23.2 Å². The van der Waals surface area contributed by atoms with Gasteiger partial charge in [-0.05, 0) is 18.2 Å². The molecule has 1 heterocycles. The van der Waals surface area contributed by atoms with Gasteiger partial charge in [-0.3, -0.25) is 0 Å². The monoisotopic (exact) mass is 258 g/mol. The number of rotatable bonds is 1. The second-order valence-corrected chi connectivity index (χ2v) is 4.44. The molecule has 0 bridgehead atoms. The third-order valence-electron chi connectivity index (χ3n) is 2.28. The summed E-state index contributed by atoms with van der Waals surface area (Å²) in [6, 6.07) is 4.50. The summed E-state index contributed by atoms with van der Waals surface area (Å²) in [5.41, 5.74) is 1.04. The molecule has 0 saturated heterocycles. The summed E-state index contributed by atoms with van der Waals surface area (Å²) in [6.07, 6.45) is 0. The maximum atomic E-state index is 13.7. The summed E-state index contributed by atoms with van der Waals surface area (Å²) in [4.78, 5) is 5.78. The molecule has 0 spiro atoms. The molecule has 2 aromatic rings. The van der Waals surface area contributed by atoms with Crippen LogP contribution in [0.2, 0.25) is 10.2 Å². The second kappa shape index (κ2) is 4.07. The van der Waals surface area contributed by atoms with Crippen LogP contribution in [0.5, 0.6) is 0 Å². The molecular weight excluding hydrogens is 250 g/mol. The van der Waals surface area contributed by atoms with Crippen LogP contribution in [-0.2, 0) is 0 Å². The molecule has 16 heavy (non-hydrogen) atoms. The minimum absolute atomic E-state index is 0.300. The van der Waals surface area contributed by atoms with Crippen LogP contribution >= 0.6 is 23.2 Å². The quantitative estimate of drug-likeness (QED) is 0.725. The minimum atomic E-state index is -0.330. The number of anilines is 1. The van der Waals surface area contributed by atoms with E-state index in [2.05, 4.69) is 4.98 Å². The zero-order valence-electron chi connectivity index (χ0n) is 8.76. The molecule has 5 heteroatoms. The highest BCUT2D eigenvalue weighted by molar-refractivity contribution is 6.37. The molecule has 0 N–H and O–H groups in total. The average Bonchev–Trinajstić information content (AvgIpc) is 2.18. The van der Waals surface area contributed by atoms with Crippen molar-refractivity contribution in [3.8, 4) is 0 Å². The molecule has 0 amide bonds. The summed E-state index contributed by atoms with van der Waals surface area (Å²) in [6.45, 7) is 0. The van der Waals surface area contributed by atoms with Gasteiger partial charge in [0, 0.05) is 19.5 Å². The lowest BCUT2D eigenvalue weighted by atomic mass is 10.2. The van der Waals surface area contributed by atoms with Gasteiger partial charge < -0.3 is 4.90 Å². The molecular formula is C11H9Cl2FN2. The Morgan fingerprint density at radius 1 is 1.19 bits per heavy atom. The molecule has 0 saturated carbocycles. The normalized spacial score (nSPS) is 10.8. The maximum Gasteiger partial charge on any atom is 0.147 e. The fourth-order valence-corrected chi connectivity index (χ4v) is 2.02. The van der Waals surface area contributed by atoms with Crippen LogP contribution in [0.1, 0.15) is 0 Å². The van der Waals surface area contributed by atoms with E-state index in [9.17, 15) is 4.39 Å². The van der Waals surface area contributed by atoms with Crippen molar-refractivity contribution in [1.29, 1.82) is 0 Å². The van der Waals surface area contributed by atoms with E-state index in [-0.39, 0.29) is 5.82 Å². The average molecular weight is 259 g/mol. The van der Waals surface area contributed by atoms with E-state index in [0.717, 1.165) is 0 Å². The number of aromatic nitrogens is 1. The van der Waals surface area contributed by atoms with Gasteiger partial charge in [-0.25, -0.2) is 9.37 Å². The van der Waals surface area contributed by atoms with E-state index in [0.29, 0.717) is 26.8 Å². The van der Waals surface area contributed by atoms with Crippen LogP contribution in [0.3, 0.4) is 0 Å². The van der Waals surface area contributed by atoms with Crippen molar-refractivity contribution in [2.75, 3.05) is 19.0 Å². The molecule has 84 valence electrons. The molecule has 0 aliphatic rings. The maximum absolute atomic E-state index is 13.7. The topological polar surface area (TPSA) is 16.1 Å². The van der Waals surface area contributed by atoms with Crippen molar-refractivity contribution in [2.24, 2.45) is 0 Å². The first kappa shape index (κ1) is 11.4. The van der Waals surface area contributed by atoms with Crippen molar-refractivity contribution in [3.63, 3.8) is 0 Å². The summed E-state index contributed by atoms with van der Waals surface area (Å²) >= 11 is 11.8. The van der Waals surface area contributed by atoms with Crippen LogP contribution in [-0.4, -0.2) is 19.1 Å². The summed E-state index contributed by atoms with van der Waals surface area (Å²) in [7, 11) is 3.52. The number of benzene rings is 1. The Morgan fingerprint density at radius 3 is 2.50 bits per heavy atom. The standard InChI is InChI=1S/C11H9Cl2FN2/c1-16(2)10-5-9-6(3-8(10)14)7(12)4-11(13)15-9/h3-5H,1-2H3. The minimum Gasteiger partial charge on any atom is -0.375 e. The largest absolute Gasteiger partial charge is 0.375 e. The highest BCUT2D eigenvalue weighted by Gasteiger charge is 2.10. The first-order chi connectivity index (χ1) is 7.49. The molecule has 1 aromatic carbocycles. The zero-order valence-corrected chi connectivity index (χ0v) is 10.3. The van der Waals surface area contributed by atoms with Crippen molar-refractivity contribution in [2.45, 2.75) is 0 Å². The van der Waals surface area contributed by atoms with Crippen LogP contribution in [0.25, 0.3) is 10.9 Å². The lowest BCUT2D eigenvalue weighted by Gasteiger charge is -2.14. The van der Waals surface area contributed by atoms with Gasteiger partial charge in [-0.2, -0.15) is 0 Å².